The summed E-state index contributed by atoms with van der Waals surface area (Å²) < 4.78 is 7.68. The second-order valence-corrected chi connectivity index (χ2v) is 18.3. The summed E-state index contributed by atoms with van der Waals surface area (Å²) in [5.41, 5.74) is 16.5. The summed E-state index contributed by atoms with van der Waals surface area (Å²) in [7, 11) is 0. The summed E-state index contributed by atoms with van der Waals surface area (Å²) in [5.74, 6) is 0. The third-order valence-electron chi connectivity index (χ3n) is 13.9. The minimum absolute atomic E-state index is 0.660. The molecule has 3 heteroatoms. The predicted octanol–water partition coefficient (Wildman–Crippen LogP) is 16.4. The van der Waals surface area contributed by atoms with Crippen molar-refractivity contribution in [3.8, 4) is 39.1 Å². The first kappa shape index (κ1) is 35.6. The molecular weight excluding hydrogens is 793 g/mol. The highest BCUT2D eigenvalue weighted by Gasteiger charge is 2.48. The Kier molecular flexibility index (Phi) is 7.51. The Morgan fingerprint density at radius 2 is 0.766 bits per heavy atom. The number of hydrogen-bond donors (Lipinski definition) is 0. The van der Waals surface area contributed by atoms with Crippen molar-refractivity contribution in [2.24, 2.45) is 0 Å². The van der Waals surface area contributed by atoms with Gasteiger partial charge in [-0.3, -0.25) is 0 Å². The molecule has 0 spiro atoms. The first-order valence-corrected chi connectivity index (χ1v) is 22.9. The van der Waals surface area contributed by atoms with Crippen molar-refractivity contribution in [2.45, 2.75) is 5.54 Å². The van der Waals surface area contributed by atoms with Crippen LogP contribution >= 0.6 is 11.3 Å². The molecule has 10 aromatic carbocycles. The lowest BCUT2D eigenvalue weighted by molar-refractivity contribution is 0.564. The van der Waals surface area contributed by atoms with Gasteiger partial charge in [0.2, 0.25) is 0 Å². The monoisotopic (exact) mass is 830 g/mol. The third-order valence-corrected chi connectivity index (χ3v) is 15.1. The first-order chi connectivity index (χ1) is 31.7. The van der Waals surface area contributed by atoms with Crippen LogP contribution in [0.5, 0.6) is 0 Å². The Hall–Kier alpha value is -7.98. The van der Waals surface area contributed by atoms with Crippen LogP contribution in [-0.2, 0) is 5.54 Å². The van der Waals surface area contributed by atoms with Crippen LogP contribution in [0.25, 0.3) is 103 Å². The van der Waals surface area contributed by atoms with Gasteiger partial charge in [0.25, 0.3) is 0 Å². The summed E-state index contributed by atoms with van der Waals surface area (Å²) >= 11 is 1.87. The fraction of sp³-hybridized carbons (Fsp3) is 0.0164. The number of fused-ring (bicyclic) bond motifs is 12. The van der Waals surface area contributed by atoms with Crippen LogP contribution in [0.1, 0.15) is 16.7 Å². The molecule has 0 radical (unpaired) electrons. The quantitative estimate of drug-likeness (QED) is 0.164. The summed E-state index contributed by atoms with van der Waals surface area (Å²) in [4.78, 5) is 0. The summed E-state index contributed by atoms with van der Waals surface area (Å²) in [6.07, 6.45) is 0. The molecule has 3 heterocycles. The molecule has 2 nitrogen and oxygen atoms in total. The number of hydrogen-bond acceptors (Lipinski definition) is 1. The van der Waals surface area contributed by atoms with E-state index in [0.29, 0.717) is 0 Å². The normalized spacial score (nSPS) is 14.6. The number of rotatable bonds is 5. The molecule has 3 aromatic heterocycles. The van der Waals surface area contributed by atoms with Crippen molar-refractivity contribution >= 4 is 75.1 Å². The number of aromatic nitrogens is 2. The van der Waals surface area contributed by atoms with Crippen molar-refractivity contribution in [2.75, 3.05) is 0 Å². The Labute approximate surface area is 374 Å². The molecule has 0 bridgehead atoms. The fourth-order valence-corrected chi connectivity index (χ4v) is 12.3. The van der Waals surface area contributed by atoms with Crippen LogP contribution in [0.15, 0.2) is 231 Å². The Balaban J connectivity index is 1.05. The summed E-state index contributed by atoms with van der Waals surface area (Å²) in [5, 5.41) is 7.66. The van der Waals surface area contributed by atoms with E-state index in [1.807, 2.05) is 11.3 Å². The maximum atomic E-state index is 2.64. The van der Waals surface area contributed by atoms with Crippen molar-refractivity contribution in [3.63, 3.8) is 0 Å². The van der Waals surface area contributed by atoms with Crippen molar-refractivity contribution in [1.29, 1.82) is 0 Å². The molecule has 0 N–H and O–H groups in total. The largest absolute Gasteiger partial charge is 0.322 e. The van der Waals surface area contributed by atoms with E-state index in [4.69, 9.17) is 0 Å². The maximum Gasteiger partial charge on any atom is 0.122 e. The van der Waals surface area contributed by atoms with Gasteiger partial charge in [-0.1, -0.05) is 158 Å². The Morgan fingerprint density at radius 3 is 1.42 bits per heavy atom. The zero-order chi connectivity index (χ0) is 41.9. The molecule has 1 atom stereocenters. The van der Waals surface area contributed by atoms with E-state index >= 15 is 0 Å². The lowest BCUT2D eigenvalue weighted by Gasteiger charge is -2.36. The zero-order valence-corrected chi connectivity index (χ0v) is 35.6. The average Bonchev–Trinajstić information content (AvgIpc) is 4.09. The topological polar surface area (TPSA) is 9.86 Å². The van der Waals surface area contributed by atoms with Crippen LogP contribution in [0.2, 0.25) is 0 Å². The molecular formula is C61H38N2S. The molecule has 1 aliphatic carbocycles. The average molecular weight is 831 g/mol. The fourth-order valence-electron chi connectivity index (χ4n) is 11.2. The predicted molar refractivity (Wildman–Crippen MR) is 271 cm³/mol. The number of thiophene rings is 1. The molecule has 0 amide bonds. The molecule has 1 aliphatic rings. The van der Waals surface area contributed by atoms with E-state index < -0.39 is 5.54 Å². The van der Waals surface area contributed by atoms with Gasteiger partial charge in [0.15, 0.2) is 0 Å². The number of nitrogens with zero attached hydrogens (tertiary/aromatic N) is 2. The van der Waals surface area contributed by atoms with Crippen molar-refractivity contribution in [1.82, 2.24) is 9.13 Å². The second-order valence-electron chi connectivity index (χ2n) is 17.2. The lowest BCUT2D eigenvalue weighted by Crippen LogP contribution is -2.35. The smallest absolute Gasteiger partial charge is 0.122 e. The first-order valence-electron chi connectivity index (χ1n) is 22.1. The number of para-hydroxylation sites is 4. The van der Waals surface area contributed by atoms with Crippen LogP contribution in [0.3, 0.4) is 0 Å². The van der Waals surface area contributed by atoms with E-state index in [1.54, 1.807) is 0 Å². The van der Waals surface area contributed by atoms with E-state index in [1.165, 1.54) is 120 Å². The molecule has 0 aliphatic heterocycles. The van der Waals surface area contributed by atoms with Gasteiger partial charge in [0, 0.05) is 47.4 Å². The second kappa shape index (κ2) is 13.5. The summed E-state index contributed by atoms with van der Waals surface area (Å²) in [6, 6.07) is 86.0. The van der Waals surface area contributed by atoms with Gasteiger partial charge < -0.3 is 9.13 Å². The van der Waals surface area contributed by atoms with E-state index in [0.717, 1.165) is 0 Å². The third kappa shape index (κ3) is 4.90. The summed E-state index contributed by atoms with van der Waals surface area (Å²) in [6.45, 7) is 0. The molecule has 14 rings (SSSR count). The highest BCUT2D eigenvalue weighted by molar-refractivity contribution is 7.25. The molecule has 0 fully saturated rings. The van der Waals surface area contributed by atoms with Gasteiger partial charge in [0.05, 0.1) is 22.1 Å². The van der Waals surface area contributed by atoms with Gasteiger partial charge in [-0.15, -0.1) is 11.3 Å². The number of benzene rings is 10. The van der Waals surface area contributed by atoms with Gasteiger partial charge in [-0.05, 0) is 123 Å². The van der Waals surface area contributed by atoms with Crippen LogP contribution in [0.4, 0.5) is 0 Å². The minimum atomic E-state index is -0.660. The van der Waals surface area contributed by atoms with Gasteiger partial charge >= 0.3 is 0 Å². The highest BCUT2D eigenvalue weighted by atomic mass is 32.1. The molecule has 0 saturated heterocycles. The lowest BCUT2D eigenvalue weighted by atomic mass is 9.79. The molecule has 298 valence electrons. The van der Waals surface area contributed by atoms with Crippen molar-refractivity contribution < 1.29 is 0 Å². The SMILES string of the molecule is c1ccc(-n2c3ccccc3c3cc(-c4ccc5c(c4)-c4cc(-c6ccc7sc8ccccc8c7c6)ccc4C5(c4ccccc4)n4c5ccccc5c5ccccc54)ccc32)cc1. The van der Waals surface area contributed by atoms with Crippen molar-refractivity contribution in [3.05, 3.63) is 247 Å². The van der Waals surface area contributed by atoms with Crippen LogP contribution < -0.4 is 0 Å². The maximum absolute atomic E-state index is 2.64. The standard InChI is InChI=1S/C61H38N2S/c1-3-15-43(16-4-1)61(63-57-24-12-8-19-45(57)46-20-9-13-25-58(46)63)53-31-27-39(41-29-33-56-51(37-41)47-21-7-11-23-55(47)62(56)44-17-5-2-6-18-44)35-49(53)50-36-40(28-32-54(50)61)42-30-34-60-52(38-42)48-22-10-14-26-59(48)64-60/h1-38H. The van der Waals surface area contributed by atoms with Crippen LogP contribution in [0, 0.1) is 0 Å². The molecule has 64 heavy (non-hydrogen) atoms. The molecule has 13 aromatic rings. The minimum Gasteiger partial charge on any atom is -0.322 e. The van der Waals surface area contributed by atoms with Gasteiger partial charge in [0.1, 0.15) is 5.54 Å². The van der Waals surface area contributed by atoms with Crippen LogP contribution in [-0.4, -0.2) is 9.13 Å². The Bertz CT molecular complexity index is 3970. The van der Waals surface area contributed by atoms with Gasteiger partial charge in [-0.2, -0.15) is 0 Å². The Morgan fingerprint density at radius 1 is 0.312 bits per heavy atom. The van der Waals surface area contributed by atoms with E-state index in [-0.39, 0.29) is 0 Å². The zero-order valence-electron chi connectivity index (χ0n) is 34.7. The molecule has 0 saturated carbocycles. The van der Waals surface area contributed by atoms with E-state index in [9.17, 15) is 0 Å². The van der Waals surface area contributed by atoms with Gasteiger partial charge in [-0.25, -0.2) is 0 Å². The molecule has 1 unspecified atom stereocenters. The highest BCUT2D eigenvalue weighted by Crippen LogP contribution is 2.57. The van der Waals surface area contributed by atoms with E-state index in [2.05, 4.69) is 240 Å².